The number of carbonyl (C=O) groups excluding carboxylic acids is 1. The summed E-state index contributed by atoms with van der Waals surface area (Å²) in [6.45, 7) is 2.81. The zero-order chi connectivity index (χ0) is 21.6. The molecule has 2 aliphatic rings. The number of halogens is 3. The number of hydrogen-bond donors (Lipinski definition) is 2. The summed E-state index contributed by atoms with van der Waals surface area (Å²) in [5.41, 5.74) is -0.944. The van der Waals surface area contributed by atoms with Gasteiger partial charge in [-0.3, -0.25) is 4.79 Å². The van der Waals surface area contributed by atoms with Crippen LogP contribution >= 0.6 is 0 Å². The fraction of sp³-hybridized carbons (Fsp3) is 0.409. The lowest BCUT2D eigenvalue weighted by atomic mass is 9.84. The van der Waals surface area contributed by atoms with Gasteiger partial charge in [0.25, 0.3) is 5.91 Å². The first-order valence-corrected chi connectivity index (χ1v) is 9.93. The Labute approximate surface area is 173 Å². The van der Waals surface area contributed by atoms with Crippen molar-refractivity contribution in [3.05, 3.63) is 58.9 Å². The topological polar surface area (TPSA) is 55.8 Å². The molecule has 1 atom stereocenters. The molecular formula is C22H24F3N3O2. The number of rotatable bonds is 4. The highest BCUT2D eigenvalue weighted by atomic mass is 19.2. The summed E-state index contributed by atoms with van der Waals surface area (Å²) < 4.78 is 42.7. The van der Waals surface area contributed by atoms with E-state index in [1.165, 1.54) is 23.1 Å². The van der Waals surface area contributed by atoms with Gasteiger partial charge in [0.05, 0.1) is 30.0 Å². The van der Waals surface area contributed by atoms with Crippen LogP contribution in [0.3, 0.4) is 0 Å². The van der Waals surface area contributed by atoms with Crippen molar-refractivity contribution in [2.75, 3.05) is 32.0 Å². The molecule has 0 aliphatic carbocycles. The van der Waals surface area contributed by atoms with Gasteiger partial charge in [0.2, 0.25) is 0 Å². The van der Waals surface area contributed by atoms with Crippen LogP contribution in [0.2, 0.25) is 0 Å². The Kier molecular flexibility index (Phi) is 5.23. The minimum absolute atomic E-state index is 0.0363. The molecule has 0 aromatic heterocycles. The molecule has 0 radical (unpaired) electrons. The number of amides is 1. The fourth-order valence-corrected chi connectivity index (χ4v) is 4.44. The zero-order valence-electron chi connectivity index (χ0n) is 16.9. The molecule has 0 bridgehead atoms. The maximum Gasteiger partial charge on any atom is 0.256 e. The molecule has 8 heteroatoms. The Balaban J connectivity index is 1.58. The summed E-state index contributed by atoms with van der Waals surface area (Å²) in [5.74, 6) is -3.59. The average Bonchev–Trinajstić information content (AvgIpc) is 3.11. The molecule has 2 aromatic rings. The van der Waals surface area contributed by atoms with Gasteiger partial charge < -0.3 is 20.2 Å². The van der Waals surface area contributed by atoms with Gasteiger partial charge in [-0.25, -0.2) is 13.2 Å². The molecule has 2 aliphatic heterocycles. The molecule has 5 nitrogen and oxygen atoms in total. The number of aliphatic hydroxyl groups is 1. The number of likely N-dealkylation sites (tertiary alicyclic amines) is 2. The Morgan fingerprint density at radius 3 is 2.53 bits per heavy atom. The molecule has 160 valence electrons. The van der Waals surface area contributed by atoms with Crippen LogP contribution in [0.4, 0.5) is 24.5 Å². The predicted octanol–water partition coefficient (Wildman–Crippen LogP) is 3.44. The van der Waals surface area contributed by atoms with E-state index in [0.29, 0.717) is 5.56 Å². The van der Waals surface area contributed by atoms with Crippen molar-refractivity contribution in [3.8, 4) is 0 Å². The molecule has 0 saturated carbocycles. The Morgan fingerprint density at radius 1 is 1.17 bits per heavy atom. The minimum Gasteiger partial charge on any atom is -0.385 e. The summed E-state index contributed by atoms with van der Waals surface area (Å²) in [4.78, 5) is 16.5. The summed E-state index contributed by atoms with van der Waals surface area (Å²) in [7, 11) is 1.94. The van der Waals surface area contributed by atoms with Gasteiger partial charge >= 0.3 is 0 Å². The van der Waals surface area contributed by atoms with Gasteiger partial charge in [-0.05, 0) is 63.2 Å². The van der Waals surface area contributed by atoms with Gasteiger partial charge in [-0.15, -0.1) is 0 Å². The molecule has 4 rings (SSSR count). The van der Waals surface area contributed by atoms with Crippen molar-refractivity contribution in [1.29, 1.82) is 0 Å². The molecule has 1 unspecified atom stereocenters. The van der Waals surface area contributed by atoms with E-state index in [9.17, 15) is 23.1 Å². The van der Waals surface area contributed by atoms with E-state index >= 15 is 0 Å². The Bertz CT molecular complexity index is 992. The monoisotopic (exact) mass is 419 g/mol. The van der Waals surface area contributed by atoms with Crippen molar-refractivity contribution in [1.82, 2.24) is 9.80 Å². The van der Waals surface area contributed by atoms with Crippen LogP contribution in [0, 0.1) is 24.4 Å². The van der Waals surface area contributed by atoms with Gasteiger partial charge in [0, 0.05) is 6.04 Å². The Morgan fingerprint density at radius 2 is 1.90 bits per heavy atom. The number of carbonyl (C=O) groups is 1. The maximum absolute atomic E-state index is 14.6. The summed E-state index contributed by atoms with van der Waals surface area (Å²) in [5, 5.41) is 13.4. The molecular weight excluding hydrogens is 395 g/mol. The summed E-state index contributed by atoms with van der Waals surface area (Å²) >= 11 is 0. The predicted molar refractivity (Wildman–Crippen MR) is 107 cm³/mol. The normalized spacial score (nSPS) is 20.9. The lowest BCUT2D eigenvalue weighted by Gasteiger charge is -2.51. The highest BCUT2D eigenvalue weighted by Gasteiger charge is 2.52. The average molecular weight is 419 g/mol. The second kappa shape index (κ2) is 7.59. The second-order valence-corrected chi connectivity index (χ2v) is 8.30. The summed E-state index contributed by atoms with van der Waals surface area (Å²) in [6.07, 6.45) is 1.83. The van der Waals surface area contributed by atoms with Gasteiger partial charge in [0.15, 0.2) is 11.6 Å². The number of aryl methyl sites for hydroxylation is 1. The number of β-amino-alcohol motifs (C(OH)–C–C–N with tert-alkyl or cyclic N) is 1. The number of anilines is 2. The molecule has 2 saturated heterocycles. The van der Waals surface area contributed by atoms with E-state index in [1.54, 1.807) is 13.0 Å². The van der Waals surface area contributed by atoms with Crippen LogP contribution in [0.15, 0.2) is 30.3 Å². The van der Waals surface area contributed by atoms with Crippen molar-refractivity contribution in [2.45, 2.75) is 31.4 Å². The Hall–Kier alpha value is -2.58. The lowest BCUT2D eigenvalue weighted by Crippen LogP contribution is -2.70. The third-order valence-corrected chi connectivity index (χ3v) is 6.07. The molecule has 2 heterocycles. The number of hydrogen-bond acceptors (Lipinski definition) is 4. The molecule has 2 fully saturated rings. The fourth-order valence-electron chi connectivity index (χ4n) is 4.44. The number of benzene rings is 2. The molecule has 1 amide bonds. The van der Waals surface area contributed by atoms with Crippen LogP contribution in [-0.2, 0) is 0 Å². The lowest BCUT2D eigenvalue weighted by molar-refractivity contribution is -0.120. The molecule has 2 N–H and O–H groups in total. The van der Waals surface area contributed by atoms with Crippen LogP contribution in [0.25, 0.3) is 0 Å². The third kappa shape index (κ3) is 3.54. The largest absolute Gasteiger partial charge is 0.385 e. The van der Waals surface area contributed by atoms with Crippen molar-refractivity contribution in [3.63, 3.8) is 0 Å². The minimum atomic E-state index is -1.26. The van der Waals surface area contributed by atoms with Gasteiger partial charge in [-0.2, -0.15) is 0 Å². The first kappa shape index (κ1) is 20.7. The highest BCUT2D eigenvalue weighted by Crippen LogP contribution is 2.36. The van der Waals surface area contributed by atoms with E-state index in [4.69, 9.17) is 0 Å². The van der Waals surface area contributed by atoms with E-state index in [-0.39, 0.29) is 30.4 Å². The first-order chi connectivity index (χ1) is 14.2. The summed E-state index contributed by atoms with van der Waals surface area (Å²) in [6, 6.07) is 6.30. The van der Waals surface area contributed by atoms with Crippen LogP contribution in [0.5, 0.6) is 0 Å². The first-order valence-electron chi connectivity index (χ1n) is 9.93. The van der Waals surface area contributed by atoms with Crippen molar-refractivity contribution < 1.29 is 23.1 Å². The van der Waals surface area contributed by atoms with Crippen LogP contribution in [-0.4, -0.2) is 59.1 Å². The van der Waals surface area contributed by atoms with Gasteiger partial charge in [0.1, 0.15) is 11.4 Å². The zero-order valence-corrected chi connectivity index (χ0v) is 16.9. The maximum atomic E-state index is 14.6. The standard InChI is InChI=1S/C22H24F3N3O2/c1-13-5-8-17(16(24)10-13)26-20-14(6-7-15(23)19(20)25)21(29)28-11-22(30,12-28)18-4-3-9-27(18)2/h5-8,10,18,26,30H,3-4,9,11-12H2,1-2H3. The molecule has 2 aromatic carbocycles. The molecule has 30 heavy (non-hydrogen) atoms. The van der Waals surface area contributed by atoms with Crippen molar-refractivity contribution in [2.24, 2.45) is 0 Å². The quantitative estimate of drug-likeness (QED) is 0.797. The van der Waals surface area contributed by atoms with E-state index in [2.05, 4.69) is 10.2 Å². The number of nitrogens with zero attached hydrogens (tertiary/aromatic N) is 2. The van der Waals surface area contributed by atoms with Crippen LogP contribution in [0.1, 0.15) is 28.8 Å². The number of likely N-dealkylation sites (N-methyl/N-ethyl adjacent to an activating group) is 1. The van der Waals surface area contributed by atoms with Gasteiger partial charge in [-0.1, -0.05) is 6.07 Å². The van der Waals surface area contributed by atoms with Crippen molar-refractivity contribution >= 4 is 17.3 Å². The SMILES string of the molecule is Cc1ccc(Nc2c(C(=O)N3CC(O)(C4CCCN4C)C3)ccc(F)c2F)c(F)c1. The number of nitrogens with one attached hydrogen (secondary N) is 1. The van der Waals surface area contributed by atoms with E-state index in [0.717, 1.165) is 25.5 Å². The second-order valence-electron chi connectivity index (χ2n) is 8.30. The smallest absolute Gasteiger partial charge is 0.256 e. The third-order valence-electron chi connectivity index (χ3n) is 6.07. The molecule has 0 spiro atoms. The highest BCUT2D eigenvalue weighted by molar-refractivity contribution is 6.01. The van der Waals surface area contributed by atoms with E-state index < -0.39 is 34.6 Å². The van der Waals surface area contributed by atoms with Crippen LogP contribution < -0.4 is 5.32 Å². The van der Waals surface area contributed by atoms with E-state index in [1.807, 2.05) is 7.05 Å².